The molecule has 2 aliphatic rings. The lowest BCUT2D eigenvalue weighted by molar-refractivity contribution is -0.230. The van der Waals surface area contributed by atoms with E-state index in [1.54, 1.807) is 13.8 Å². The quantitative estimate of drug-likeness (QED) is 0.639. The number of esters is 1. The van der Waals surface area contributed by atoms with Gasteiger partial charge in [0.05, 0.1) is 6.61 Å². The van der Waals surface area contributed by atoms with Crippen LogP contribution in [0.2, 0.25) is 0 Å². The van der Waals surface area contributed by atoms with Crippen LogP contribution in [-0.4, -0.2) is 59.3 Å². The normalized spacial score (nSPS) is 39.4. The molecule has 5 atom stereocenters. The van der Waals surface area contributed by atoms with Gasteiger partial charge in [-0.05, 0) is 13.8 Å². The molecule has 0 amide bonds. The molecular weight excluding hydrogens is 244 g/mol. The lowest BCUT2D eigenvalue weighted by atomic mass is 10.1. The van der Waals surface area contributed by atoms with Crippen LogP contribution in [0.25, 0.3) is 0 Å². The Kier molecular flexibility index (Phi) is 3.61. The lowest BCUT2D eigenvalue weighted by Crippen LogP contribution is -2.44. The summed E-state index contributed by atoms with van der Waals surface area (Å²) in [6, 6.07) is 0. The zero-order valence-electron chi connectivity index (χ0n) is 10.5. The Morgan fingerprint density at radius 1 is 1.44 bits per heavy atom. The smallest absolute Gasteiger partial charge is 0.303 e. The van der Waals surface area contributed by atoms with Gasteiger partial charge >= 0.3 is 5.97 Å². The molecule has 2 fully saturated rings. The highest BCUT2D eigenvalue weighted by Crippen LogP contribution is 2.39. The van der Waals surface area contributed by atoms with E-state index in [-0.39, 0.29) is 0 Å². The number of fused-ring (bicyclic) bond motifs is 1. The van der Waals surface area contributed by atoms with E-state index in [1.165, 1.54) is 6.92 Å². The molecule has 0 aromatic rings. The summed E-state index contributed by atoms with van der Waals surface area (Å²) in [7, 11) is 0. The van der Waals surface area contributed by atoms with Gasteiger partial charge in [-0.15, -0.1) is 0 Å². The predicted molar refractivity (Wildman–Crippen MR) is 57.3 cm³/mol. The fourth-order valence-corrected chi connectivity index (χ4v) is 2.24. The molecule has 0 aromatic heterocycles. The summed E-state index contributed by atoms with van der Waals surface area (Å²) in [5.74, 6) is -1.34. The third-order valence-corrected chi connectivity index (χ3v) is 2.90. The first-order chi connectivity index (χ1) is 8.34. The summed E-state index contributed by atoms with van der Waals surface area (Å²) in [6.45, 7) is 4.20. The zero-order valence-corrected chi connectivity index (χ0v) is 10.5. The Balaban J connectivity index is 2.14. The minimum Gasteiger partial charge on any atom is -0.457 e. The van der Waals surface area contributed by atoms with Gasteiger partial charge in [-0.1, -0.05) is 0 Å². The Morgan fingerprint density at radius 3 is 2.67 bits per heavy atom. The Hall–Kier alpha value is -0.730. The maximum Gasteiger partial charge on any atom is 0.303 e. The number of carbonyl (C=O) groups is 1. The third kappa shape index (κ3) is 2.50. The first-order valence-corrected chi connectivity index (χ1v) is 5.81. The SMILES string of the molecule is CC(=O)OC1C(C(O)CO)OC2OC(C)(C)OC21. The van der Waals surface area contributed by atoms with E-state index in [2.05, 4.69) is 0 Å². The minimum atomic E-state index is -1.16. The molecule has 0 aliphatic carbocycles. The molecule has 7 heteroatoms. The molecule has 0 saturated carbocycles. The first kappa shape index (κ1) is 13.7. The van der Waals surface area contributed by atoms with Crippen LogP contribution in [-0.2, 0) is 23.7 Å². The molecular formula is C11H18O7. The van der Waals surface area contributed by atoms with Gasteiger partial charge in [-0.25, -0.2) is 0 Å². The monoisotopic (exact) mass is 262 g/mol. The lowest BCUT2D eigenvalue weighted by Gasteiger charge is -2.27. The summed E-state index contributed by atoms with van der Waals surface area (Å²) >= 11 is 0. The van der Waals surface area contributed by atoms with Crippen molar-refractivity contribution in [2.45, 2.75) is 57.3 Å². The highest BCUT2D eigenvalue weighted by molar-refractivity contribution is 5.66. The van der Waals surface area contributed by atoms with E-state index in [1.807, 2.05) is 0 Å². The maximum atomic E-state index is 11.1. The van der Waals surface area contributed by atoms with Crippen molar-refractivity contribution in [2.24, 2.45) is 0 Å². The van der Waals surface area contributed by atoms with E-state index < -0.39 is 49.1 Å². The van der Waals surface area contributed by atoms with Crippen LogP contribution >= 0.6 is 0 Å². The van der Waals surface area contributed by atoms with Crippen molar-refractivity contribution in [1.82, 2.24) is 0 Å². The number of rotatable bonds is 3. The molecule has 2 aliphatic heterocycles. The van der Waals surface area contributed by atoms with Crippen LogP contribution < -0.4 is 0 Å². The van der Waals surface area contributed by atoms with Gasteiger partial charge in [0.2, 0.25) is 0 Å². The minimum absolute atomic E-state index is 0.495. The van der Waals surface area contributed by atoms with E-state index in [4.69, 9.17) is 24.1 Å². The van der Waals surface area contributed by atoms with Crippen LogP contribution in [0.4, 0.5) is 0 Å². The number of aliphatic hydroxyl groups is 2. The molecule has 2 saturated heterocycles. The van der Waals surface area contributed by atoms with Crippen LogP contribution in [0.5, 0.6) is 0 Å². The predicted octanol–water partition coefficient (Wildman–Crippen LogP) is -0.852. The number of hydrogen-bond acceptors (Lipinski definition) is 7. The number of carbonyl (C=O) groups excluding carboxylic acids is 1. The topological polar surface area (TPSA) is 94.5 Å². The van der Waals surface area contributed by atoms with Gasteiger partial charge in [0, 0.05) is 6.92 Å². The molecule has 7 nitrogen and oxygen atoms in total. The Bertz CT molecular complexity index is 329. The van der Waals surface area contributed by atoms with Crippen molar-refractivity contribution in [1.29, 1.82) is 0 Å². The molecule has 18 heavy (non-hydrogen) atoms. The van der Waals surface area contributed by atoms with Crippen LogP contribution in [0.3, 0.4) is 0 Å². The highest BCUT2D eigenvalue weighted by atomic mass is 16.8. The fourth-order valence-electron chi connectivity index (χ4n) is 2.24. The number of aliphatic hydroxyl groups excluding tert-OH is 2. The Labute approximate surface area is 105 Å². The molecule has 2 N–H and O–H groups in total. The van der Waals surface area contributed by atoms with Gasteiger partial charge in [0.15, 0.2) is 24.3 Å². The largest absolute Gasteiger partial charge is 0.457 e. The second-order valence-electron chi connectivity index (χ2n) is 4.89. The first-order valence-electron chi connectivity index (χ1n) is 5.81. The molecule has 0 spiro atoms. The summed E-state index contributed by atoms with van der Waals surface area (Å²) in [6.07, 6.45) is -4.12. The van der Waals surface area contributed by atoms with Crippen molar-refractivity contribution in [3.8, 4) is 0 Å². The molecule has 2 rings (SSSR count). The molecule has 104 valence electrons. The Morgan fingerprint density at radius 2 is 2.11 bits per heavy atom. The molecule has 2 heterocycles. The van der Waals surface area contributed by atoms with Gasteiger partial charge < -0.3 is 29.2 Å². The van der Waals surface area contributed by atoms with Crippen LogP contribution in [0.15, 0.2) is 0 Å². The van der Waals surface area contributed by atoms with E-state index in [0.29, 0.717) is 0 Å². The fraction of sp³-hybridized carbons (Fsp3) is 0.909. The average molecular weight is 262 g/mol. The standard InChI is InChI=1S/C11H18O7/c1-5(13)15-8-7(6(14)4-12)16-10-9(8)17-11(2,3)18-10/h6-10,12,14H,4H2,1-3H3. The summed E-state index contributed by atoms with van der Waals surface area (Å²) < 4.78 is 21.6. The van der Waals surface area contributed by atoms with Crippen molar-refractivity contribution in [3.63, 3.8) is 0 Å². The van der Waals surface area contributed by atoms with E-state index in [0.717, 1.165) is 0 Å². The second kappa shape index (κ2) is 4.75. The van der Waals surface area contributed by atoms with Crippen molar-refractivity contribution < 1.29 is 34.0 Å². The van der Waals surface area contributed by atoms with Crippen molar-refractivity contribution in [2.75, 3.05) is 6.61 Å². The van der Waals surface area contributed by atoms with Gasteiger partial charge in [0.1, 0.15) is 12.2 Å². The summed E-state index contributed by atoms with van der Waals surface area (Å²) in [4.78, 5) is 11.1. The number of ether oxygens (including phenoxy) is 4. The van der Waals surface area contributed by atoms with Gasteiger partial charge in [-0.2, -0.15) is 0 Å². The maximum absolute atomic E-state index is 11.1. The zero-order chi connectivity index (χ0) is 13.5. The van der Waals surface area contributed by atoms with E-state index >= 15 is 0 Å². The average Bonchev–Trinajstić information content (AvgIpc) is 2.71. The van der Waals surface area contributed by atoms with Crippen LogP contribution in [0.1, 0.15) is 20.8 Å². The van der Waals surface area contributed by atoms with Gasteiger partial charge in [-0.3, -0.25) is 4.79 Å². The summed E-state index contributed by atoms with van der Waals surface area (Å²) in [5, 5.41) is 18.6. The third-order valence-electron chi connectivity index (χ3n) is 2.90. The highest BCUT2D eigenvalue weighted by Gasteiger charge is 2.57. The van der Waals surface area contributed by atoms with Crippen molar-refractivity contribution >= 4 is 5.97 Å². The molecule has 5 unspecified atom stereocenters. The molecule has 0 radical (unpaired) electrons. The van der Waals surface area contributed by atoms with Gasteiger partial charge in [0.25, 0.3) is 0 Å². The van der Waals surface area contributed by atoms with Crippen LogP contribution in [0, 0.1) is 0 Å². The second-order valence-corrected chi connectivity index (χ2v) is 4.89. The summed E-state index contributed by atoms with van der Waals surface area (Å²) in [5.41, 5.74) is 0. The number of hydrogen-bond donors (Lipinski definition) is 2. The molecule has 0 bridgehead atoms. The van der Waals surface area contributed by atoms with E-state index in [9.17, 15) is 9.90 Å². The van der Waals surface area contributed by atoms with Crippen molar-refractivity contribution in [3.05, 3.63) is 0 Å². The molecule has 0 aromatic carbocycles.